The van der Waals surface area contributed by atoms with Gasteiger partial charge in [0.15, 0.2) is 0 Å². The van der Waals surface area contributed by atoms with Crippen LogP contribution in [-0.4, -0.2) is 11.1 Å². The Balaban J connectivity index is 2.41. The molecular formula is C11H14O2S. The summed E-state index contributed by atoms with van der Waals surface area (Å²) in [5.41, 5.74) is 0.622. The quantitative estimate of drug-likeness (QED) is 0.814. The Bertz CT molecular complexity index is 348. The minimum absolute atomic E-state index is 0.557. The standard InChI is InChI=1S/C11H14O2S/c1-8-6-9(14-7-8)11(10(12)13)4-2-3-5-11/h6-7H,2-5H2,1H3,(H,12,13). The van der Waals surface area contributed by atoms with Crippen molar-refractivity contribution in [3.05, 3.63) is 21.9 Å². The van der Waals surface area contributed by atoms with Crippen LogP contribution in [0.15, 0.2) is 11.4 Å². The highest BCUT2D eigenvalue weighted by molar-refractivity contribution is 7.10. The molecule has 0 aliphatic heterocycles. The number of aliphatic carboxylic acids is 1. The molecule has 1 aromatic rings. The highest BCUT2D eigenvalue weighted by atomic mass is 32.1. The topological polar surface area (TPSA) is 37.3 Å². The van der Waals surface area contributed by atoms with E-state index >= 15 is 0 Å². The second-order valence-electron chi connectivity index (χ2n) is 4.08. The molecule has 0 bridgehead atoms. The number of hydrogen-bond donors (Lipinski definition) is 1. The second-order valence-corrected chi connectivity index (χ2v) is 4.99. The third kappa shape index (κ3) is 1.36. The third-order valence-corrected chi connectivity index (χ3v) is 4.32. The minimum atomic E-state index is -0.642. The predicted molar refractivity (Wildman–Crippen MR) is 56.8 cm³/mol. The maximum Gasteiger partial charge on any atom is 0.314 e. The van der Waals surface area contributed by atoms with Gasteiger partial charge >= 0.3 is 5.97 Å². The third-order valence-electron chi connectivity index (χ3n) is 3.07. The first-order valence-electron chi connectivity index (χ1n) is 4.94. The maximum atomic E-state index is 11.3. The van der Waals surface area contributed by atoms with Gasteiger partial charge in [0, 0.05) is 4.88 Å². The molecule has 2 nitrogen and oxygen atoms in total. The Morgan fingerprint density at radius 3 is 2.57 bits per heavy atom. The summed E-state index contributed by atoms with van der Waals surface area (Å²) in [6, 6.07) is 2.03. The van der Waals surface area contributed by atoms with Gasteiger partial charge in [-0.15, -0.1) is 11.3 Å². The summed E-state index contributed by atoms with van der Waals surface area (Å²) in [4.78, 5) is 12.4. The Labute approximate surface area is 87.6 Å². The fraction of sp³-hybridized carbons (Fsp3) is 0.545. The number of carboxylic acid groups (broad SMARTS) is 1. The number of rotatable bonds is 2. The van der Waals surface area contributed by atoms with Crippen molar-refractivity contribution in [3.63, 3.8) is 0 Å². The number of aryl methyl sites for hydroxylation is 1. The molecule has 76 valence electrons. The van der Waals surface area contributed by atoms with Crippen LogP contribution >= 0.6 is 11.3 Å². The first-order chi connectivity index (χ1) is 6.65. The zero-order chi connectivity index (χ0) is 10.2. The largest absolute Gasteiger partial charge is 0.481 e. The van der Waals surface area contributed by atoms with E-state index in [2.05, 4.69) is 0 Å². The summed E-state index contributed by atoms with van der Waals surface area (Å²) in [5, 5.41) is 11.4. The van der Waals surface area contributed by atoms with Crippen LogP contribution in [0.3, 0.4) is 0 Å². The second kappa shape index (κ2) is 3.39. The minimum Gasteiger partial charge on any atom is -0.481 e. The average Bonchev–Trinajstić information content (AvgIpc) is 2.71. The SMILES string of the molecule is Cc1csc(C2(C(=O)O)CCCC2)c1. The van der Waals surface area contributed by atoms with E-state index in [1.807, 2.05) is 18.4 Å². The molecule has 14 heavy (non-hydrogen) atoms. The normalized spacial score (nSPS) is 19.8. The van der Waals surface area contributed by atoms with E-state index in [1.165, 1.54) is 5.56 Å². The van der Waals surface area contributed by atoms with Gasteiger partial charge in [-0.05, 0) is 36.8 Å². The van der Waals surface area contributed by atoms with Gasteiger partial charge in [-0.1, -0.05) is 12.8 Å². The number of thiophene rings is 1. The summed E-state index contributed by atoms with van der Waals surface area (Å²) in [7, 11) is 0. The first kappa shape index (κ1) is 9.71. The molecule has 0 amide bonds. The van der Waals surface area contributed by atoms with Crippen LogP contribution in [0.1, 0.15) is 36.1 Å². The highest BCUT2D eigenvalue weighted by Crippen LogP contribution is 2.43. The monoisotopic (exact) mass is 210 g/mol. The molecule has 1 aromatic heterocycles. The Hall–Kier alpha value is -0.830. The molecule has 0 saturated heterocycles. The Morgan fingerprint density at radius 1 is 1.50 bits per heavy atom. The summed E-state index contributed by atoms with van der Waals surface area (Å²) in [6.45, 7) is 2.02. The Morgan fingerprint density at radius 2 is 2.14 bits per heavy atom. The molecule has 0 radical (unpaired) electrons. The smallest absolute Gasteiger partial charge is 0.314 e. The summed E-state index contributed by atoms with van der Waals surface area (Å²) < 4.78 is 0. The Kier molecular flexibility index (Phi) is 2.35. The van der Waals surface area contributed by atoms with Crippen LogP contribution in [0.25, 0.3) is 0 Å². The van der Waals surface area contributed by atoms with Crippen molar-refractivity contribution in [2.45, 2.75) is 38.0 Å². The van der Waals surface area contributed by atoms with Gasteiger partial charge in [-0.25, -0.2) is 0 Å². The lowest BCUT2D eigenvalue weighted by Gasteiger charge is -2.21. The van der Waals surface area contributed by atoms with Gasteiger partial charge in [0.05, 0.1) is 0 Å². The fourth-order valence-electron chi connectivity index (χ4n) is 2.23. The van der Waals surface area contributed by atoms with Gasteiger partial charge in [0.1, 0.15) is 5.41 Å². The molecule has 1 aliphatic carbocycles. The molecule has 0 unspecified atom stereocenters. The van der Waals surface area contributed by atoms with Crippen LogP contribution in [0, 0.1) is 6.92 Å². The molecular weight excluding hydrogens is 196 g/mol. The van der Waals surface area contributed by atoms with Crippen molar-refractivity contribution in [1.29, 1.82) is 0 Å². The molecule has 0 aromatic carbocycles. The zero-order valence-electron chi connectivity index (χ0n) is 8.25. The van der Waals surface area contributed by atoms with E-state index < -0.39 is 11.4 Å². The molecule has 1 aliphatic rings. The van der Waals surface area contributed by atoms with E-state index in [4.69, 9.17) is 0 Å². The van der Waals surface area contributed by atoms with Crippen LogP contribution in [-0.2, 0) is 10.2 Å². The van der Waals surface area contributed by atoms with E-state index in [0.29, 0.717) is 0 Å². The predicted octanol–water partition coefficient (Wildman–Crippen LogP) is 2.95. The maximum absolute atomic E-state index is 11.3. The van der Waals surface area contributed by atoms with Gasteiger partial charge in [0.2, 0.25) is 0 Å². The fourth-order valence-corrected chi connectivity index (χ4v) is 3.38. The van der Waals surface area contributed by atoms with E-state index in [9.17, 15) is 9.90 Å². The molecule has 0 atom stereocenters. The lowest BCUT2D eigenvalue weighted by molar-refractivity contribution is -0.143. The highest BCUT2D eigenvalue weighted by Gasteiger charge is 2.43. The summed E-state index contributed by atoms with van der Waals surface area (Å²) in [6.07, 6.45) is 3.71. The van der Waals surface area contributed by atoms with Crippen LogP contribution in [0.5, 0.6) is 0 Å². The van der Waals surface area contributed by atoms with Crippen molar-refractivity contribution >= 4 is 17.3 Å². The molecule has 1 fully saturated rings. The van der Waals surface area contributed by atoms with Crippen molar-refractivity contribution in [2.24, 2.45) is 0 Å². The molecule has 2 rings (SSSR count). The van der Waals surface area contributed by atoms with E-state index in [0.717, 1.165) is 30.6 Å². The van der Waals surface area contributed by atoms with Gasteiger partial charge < -0.3 is 5.11 Å². The van der Waals surface area contributed by atoms with Crippen LogP contribution in [0.4, 0.5) is 0 Å². The molecule has 1 saturated carbocycles. The summed E-state index contributed by atoms with van der Waals surface area (Å²) in [5.74, 6) is -0.642. The lowest BCUT2D eigenvalue weighted by Crippen LogP contribution is -2.31. The summed E-state index contributed by atoms with van der Waals surface area (Å²) >= 11 is 1.59. The average molecular weight is 210 g/mol. The molecule has 1 heterocycles. The first-order valence-corrected chi connectivity index (χ1v) is 5.82. The molecule has 1 N–H and O–H groups in total. The molecule has 3 heteroatoms. The molecule has 0 spiro atoms. The zero-order valence-corrected chi connectivity index (χ0v) is 9.06. The number of hydrogen-bond acceptors (Lipinski definition) is 2. The van der Waals surface area contributed by atoms with Crippen molar-refractivity contribution in [2.75, 3.05) is 0 Å². The van der Waals surface area contributed by atoms with Crippen LogP contribution in [0.2, 0.25) is 0 Å². The number of carbonyl (C=O) groups is 1. The van der Waals surface area contributed by atoms with Crippen molar-refractivity contribution in [3.8, 4) is 0 Å². The van der Waals surface area contributed by atoms with Crippen molar-refractivity contribution < 1.29 is 9.90 Å². The van der Waals surface area contributed by atoms with Gasteiger partial charge in [0.25, 0.3) is 0 Å². The number of carboxylic acids is 1. The van der Waals surface area contributed by atoms with Crippen molar-refractivity contribution in [1.82, 2.24) is 0 Å². The van der Waals surface area contributed by atoms with Crippen LogP contribution < -0.4 is 0 Å². The van der Waals surface area contributed by atoms with Gasteiger partial charge in [-0.3, -0.25) is 4.79 Å². The van der Waals surface area contributed by atoms with E-state index in [-0.39, 0.29) is 0 Å². The van der Waals surface area contributed by atoms with Gasteiger partial charge in [-0.2, -0.15) is 0 Å². The van der Waals surface area contributed by atoms with E-state index in [1.54, 1.807) is 11.3 Å². The lowest BCUT2D eigenvalue weighted by atomic mass is 9.84.